The number of benzene rings is 2. The Kier molecular flexibility index (Phi) is 4.86. The lowest BCUT2D eigenvalue weighted by atomic mass is 10.1. The summed E-state index contributed by atoms with van der Waals surface area (Å²) in [6, 6.07) is 13.3. The van der Waals surface area contributed by atoms with E-state index in [0.717, 1.165) is 21.3 Å². The van der Waals surface area contributed by atoms with E-state index in [9.17, 15) is 5.11 Å². The third-order valence-electron chi connectivity index (χ3n) is 2.94. The van der Waals surface area contributed by atoms with Gasteiger partial charge in [0.05, 0.1) is 6.10 Å². The molecule has 0 aliphatic heterocycles. The van der Waals surface area contributed by atoms with Crippen molar-refractivity contribution in [2.24, 2.45) is 0 Å². The van der Waals surface area contributed by atoms with E-state index >= 15 is 0 Å². The maximum absolute atomic E-state index is 10.2. The fraction of sp³-hybridized carbons (Fsp3) is 0.200. The van der Waals surface area contributed by atoms with Crippen LogP contribution in [0.4, 0.5) is 5.69 Å². The molecule has 4 heteroatoms. The Morgan fingerprint density at radius 3 is 2.68 bits per heavy atom. The van der Waals surface area contributed by atoms with Crippen molar-refractivity contribution in [2.75, 3.05) is 11.9 Å². The van der Waals surface area contributed by atoms with Gasteiger partial charge in [-0.25, -0.2) is 0 Å². The van der Waals surface area contributed by atoms with E-state index in [-0.39, 0.29) is 0 Å². The van der Waals surface area contributed by atoms with Crippen molar-refractivity contribution in [3.63, 3.8) is 0 Å². The molecule has 0 radical (unpaired) electrons. The van der Waals surface area contributed by atoms with Gasteiger partial charge in [0.2, 0.25) is 0 Å². The van der Waals surface area contributed by atoms with Gasteiger partial charge in [0.1, 0.15) is 0 Å². The van der Waals surface area contributed by atoms with Crippen LogP contribution in [0.3, 0.4) is 0 Å². The number of halogens is 2. The first-order chi connectivity index (χ1) is 9.08. The van der Waals surface area contributed by atoms with E-state index in [1.807, 2.05) is 43.3 Å². The first kappa shape index (κ1) is 14.4. The predicted molar refractivity (Wildman–Crippen MR) is 83.8 cm³/mol. The van der Waals surface area contributed by atoms with Crippen LogP contribution in [-0.2, 0) is 0 Å². The molecule has 1 unspecified atom stereocenters. The van der Waals surface area contributed by atoms with Gasteiger partial charge in [-0.15, -0.1) is 0 Å². The summed E-state index contributed by atoms with van der Waals surface area (Å²) >= 11 is 9.49. The molecule has 0 bridgehead atoms. The van der Waals surface area contributed by atoms with Crippen LogP contribution in [0.25, 0.3) is 0 Å². The number of nitrogens with one attached hydrogen (secondary N) is 1. The van der Waals surface area contributed by atoms with Crippen molar-refractivity contribution in [3.05, 3.63) is 63.1 Å². The number of hydrogen-bond acceptors (Lipinski definition) is 2. The van der Waals surface area contributed by atoms with Crippen LogP contribution in [0, 0.1) is 6.92 Å². The van der Waals surface area contributed by atoms with E-state index in [2.05, 4.69) is 21.2 Å². The molecule has 0 aliphatic rings. The molecule has 2 rings (SSSR count). The summed E-state index contributed by atoms with van der Waals surface area (Å²) in [6.07, 6.45) is -0.628. The SMILES string of the molecule is Cc1cc(Br)ccc1NCC(O)c1ccccc1Cl. The quantitative estimate of drug-likeness (QED) is 0.855. The van der Waals surface area contributed by atoms with Crippen molar-refractivity contribution in [1.29, 1.82) is 0 Å². The van der Waals surface area contributed by atoms with Gasteiger partial charge in [-0.2, -0.15) is 0 Å². The first-order valence-electron chi connectivity index (χ1n) is 6.00. The molecule has 2 aromatic carbocycles. The Balaban J connectivity index is 2.04. The van der Waals surface area contributed by atoms with E-state index in [1.54, 1.807) is 6.07 Å². The van der Waals surface area contributed by atoms with E-state index in [1.165, 1.54) is 0 Å². The summed E-state index contributed by atoms with van der Waals surface area (Å²) in [6.45, 7) is 2.45. The number of aliphatic hydroxyl groups excluding tert-OH is 1. The standard InChI is InChI=1S/C15H15BrClNO/c1-10-8-11(16)6-7-14(10)18-9-15(19)12-4-2-3-5-13(12)17/h2-8,15,18-19H,9H2,1H3. The fourth-order valence-electron chi connectivity index (χ4n) is 1.89. The second kappa shape index (κ2) is 6.42. The molecule has 0 fully saturated rings. The molecule has 100 valence electrons. The summed E-state index contributed by atoms with van der Waals surface area (Å²) in [5, 5.41) is 14.0. The Labute approximate surface area is 126 Å². The molecule has 0 heterocycles. The van der Waals surface area contributed by atoms with Gasteiger partial charge in [-0.3, -0.25) is 0 Å². The second-order valence-corrected chi connectivity index (χ2v) is 5.70. The number of aryl methyl sites for hydroxylation is 1. The van der Waals surface area contributed by atoms with Crippen LogP contribution >= 0.6 is 27.5 Å². The van der Waals surface area contributed by atoms with Crippen LogP contribution in [0.1, 0.15) is 17.2 Å². The molecular weight excluding hydrogens is 326 g/mol. The van der Waals surface area contributed by atoms with Crippen molar-refractivity contribution in [1.82, 2.24) is 0 Å². The molecule has 2 aromatic rings. The molecule has 1 atom stereocenters. The van der Waals surface area contributed by atoms with Crippen LogP contribution in [0.5, 0.6) is 0 Å². The fourth-order valence-corrected chi connectivity index (χ4v) is 2.62. The molecule has 0 saturated carbocycles. The van der Waals surface area contributed by atoms with Crippen molar-refractivity contribution < 1.29 is 5.11 Å². The topological polar surface area (TPSA) is 32.3 Å². The zero-order chi connectivity index (χ0) is 13.8. The van der Waals surface area contributed by atoms with Crippen molar-refractivity contribution in [3.8, 4) is 0 Å². The number of anilines is 1. The zero-order valence-corrected chi connectivity index (χ0v) is 12.9. The minimum Gasteiger partial charge on any atom is -0.387 e. The lowest BCUT2D eigenvalue weighted by Gasteiger charge is -2.15. The minimum absolute atomic E-state index is 0.423. The smallest absolute Gasteiger partial charge is 0.0976 e. The van der Waals surface area contributed by atoms with Crippen LogP contribution in [0.2, 0.25) is 5.02 Å². The zero-order valence-electron chi connectivity index (χ0n) is 10.5. The summed E-state index contributed by atoms with van der Waals surface area (Å²) < 4.78 is 1.04. The average molecular weight is 341 g/mol. The molecule has 2 N–H and O–H groups in total. The molecule has 0 amide bonds. The maximum atomic E-state index is 10.2. The largest absolute Gasteiger partial charge is 0.387 e. The van der Waals surface area contributed by atoms with Crippen molar-refractivity contribution in [2.45, 2.75) is 13.0 Å². The van der Waals surface area contributed by atoms with Gasteiger partial charge in [0, 0.05) is 27.3 Å². The normalized spacial score (nSPS) is 12.2. The number of aliphatic hydroxyl groups is 1. The molecular formula is C15H15BrClNO. The molecule has 2 nitrogen and oxygen atoms in total. The van der Waals surface area contributed by atoms with Gasteiger partial charge < -0.3 is 10.4 Å². The Bertz CT molecular complexity index is 574. The summed E-state index contributed by atoms with van der Waals surface area (Å²) in [4.78, 5) is 0. The predicted octanol–water partition coefficient (Wildman–Crippen LogP) is 4.56. The lowest BCUT2D eigenvalue weighted by Crippen LogP contribution is -2.13. The van der Waals surface area contributed by atoms with E-state index < -0.39 is 6.10 Å². The Morgan fingerprint density at radius 2 is 2.00 bits per heavy atom. The van der Waals surface area contributed by atoms with Crippen LogP contribution in [-0.4, -0.2) is 11.7 Å². The molecule has 0 saturated heterocycles. The number of rotatable bonds is 4. The van der Waals surface area contributed by atoms with E-state index in [4.69, 9.17) is 11.6 Å². The third kappa shape index (κ3) is 3.72. The van der Waals surface area contributed by atoms with Gasteiger partial charge >= 0.3 is 0 Å². The third-order valence-corrected chi connectivity index (χ3v) is 3.78. The summed E-state index contributed by atoms with van der Waals surface area (Å²) in [5.41, 5.74) is 2.88. The highest BCUT2D eigenvalue weighted by Crippen LogP contribution is 2.24. The molecule has 19 heavy (non-hydrogen) atoms. The second-order valence-electron chi connectivity index (χ2n) is 4.38. The van der Waals surface area contributed by atoms with E-state index in [0.29, 0.717) is 11.6 Å². The molecule has 0 aliphatic carbocycles. The Hall–Kier alpha value is -1.03. The van der Waals surface area contributed by atoms with Crippen LogP contribution < -0.4 is 5.32 Å². The molecule has 0 spiro atoms. The lowest BCUT2D eigenvalue weighted by molar-refractivity contribution is 0.191. The highest BCUT2D eigenvalue weighted by atomic mass is 79.9. The van der Waals surface area contributed by atoms with Crippen LogP contribution in [0.15, 0.2) is 46.9 Å². The Morgan fingerprint density at radius 1 is 1.26 bits per heavy atom. The summed E-state index contributed by atoms with van der Waals surface area (Å²) in [7, 11) is 0. The summed E-state index contributed by atoms with van der Waals surface area (Å²) in [5.74, 6) is 0. The average Bonchev–Trinajstić information content (AvgIpc) is 2.38. The highest BCUT2D eigenvalue weighted by Gasteiger charge is 2.11. The molecule has 0 aromatic heterocycles. The van der Waals surface area contributed by atoms with Gasteiger partial charge in [-0.1, -0.05) is 45.7 Å². The monoisotopic (exact) mass is 339 g/mol. The van der Waals surface area contributed by atoms with Gasteiger partial charge in [-0.05, 0) is 36.8 Å². The van der Waals surface area contributed by atoms with Crippen molar-refractivity contribution >= 4 is 33.2 Å². The maximum Gasteiger partial charge on any atom is 0.0976 e. The van der Waals surface area contributed by atoms with Gasteiger partial charge in [0.25, 0.3) is 0 Å². The number of hydrogen-bond donors (Lipinski definition) is 2. The highest BCUT2D eigenvalue weighted by molar-refractivity contribution is 9.10. The van der Waals surface area contributed by atoms with Gasteiger partial charge in [0.15, 0.2) is 0 Å². The first-order valence-corrected chi connectivity index (χ1v) is 7.17. The minimum atomic E-state index is -0.628.